The first-order valence-electron chi connectivity index (χ1n) is 8.61. The number of esters is 1. The molecule has 3 rings (SSSR count). The number of rotatable bonds is 6. The van der Waals surface area contributed by atoms with Gasteiger partial charge in [-0.2, -0.15) is 0 Å². The van der Waals surface area contributed by atoms with Gasteiger partial charge in [0.2, 0.25) is 6.10 Å². The van der Waals surface area contributed by atoms with Gasteiger partial charge in [0.05, 0.1) is 17.7 Å². The summed E-state index contributed by atoms with van der Waals surface area (Å²) in [6.45, 7) is 1.32. The van der Waals surface area contributed by atoms with Crippen LogP contribution < -0.4 is 19.5 Å². The van der Waals surface area contributed by atoms with Crippen molar-refractivity contribution in [3.05, 3.63) is 52.6 Å². The lowest BCUT2D eigenvalue weighted by Crippen LogP contribution is -2.41. The summed E-state index contributed by atoms with van der Waals surface area (Å²) in [5.74, 6) is -0.315. The largest absolute Gasteiger partial charge is 0.495 e. The van der Waals surface area contributed by atoms with Crippen LogP contribution in [0.3, 0.4) is 0 Å². The van der Waals surface area contributed by atoms with E-state index in [9.17, 15) is 19.7 Å². The molecular formula is C19H18N2O8. The van der Waals surface area contributed by atoms with Crippen molar-refractivity contribution >= 4 is 23.3 Å². The lowest BCUT2D eigenvalue weighted by atomic mass is 10.2. The molecule has 10 heteroatoms. The zero-order chi connectivity index (χ0) is 21.0. The smallest absolute Gasteiger partial charge is 0.351 e. The Balaban J connectivity index is 1.63. The summed E-state index contributed by atoms with van der Waals surface area (Å²) in [4.78, 5) is 35.1. The summed E-state index contributed by atoms with van der Waals surface area (Å²) >= 11 is 0. The molecule has 10 nitrogen and oxygen atoms in total. The predicted octanol–water partition coefficient (Wildman–Crippen LogP) is 2.31. The van der Waals surface area contributed by atoms with Crippen molar-refractivity contribution in [2.75, 3.05) is 19.0 Å². The zero-order valence-electron chi connectivity index (χ0n) is 15.6. The van der Waals surface area contributed by atoms with Crippen LogP contribution in [0.2, 0.25) is 0 Å². The Morgan fingerprint density at radius 1 is 1.24 bits per heavy atom. The van der Waals surface area contributed by atoms with Crippen LogP contribution in [-0.2, 0) is 14.3 Å². The minimum Gasteiger partial charge on any atom is -0.495 e. The first-order valence-corrected chi connectivity index (χ1v) is 8.61. The van der Waals surface area contributed by atoms with Crippen LogP contribution >= 0.6 is 0 Å². The monoisotopic (exact) mass is 402 g/mol. The van der Waals surface area contributed by atoms with Crippen molar-refractivity contribution in [3.63, 3.8) is 0 Å². The van der Waals surface area contributed by atoms with Gasteiger partial charge in [-0.1, -0.05) is 12.1 Å². The third-order valence-electron chi connectivity index (χ3n) is 4.09. The van der Waals surface area contributed by atoms with Crippen LogP contribution in [0.4, 0.5) is 11.4 Å². The fourth-order valence-electron chi connectivity index (χ4n) is 2.58. The van der Waals surface area contributed by atoms with Gasteiger partial charge in [0, 0.05) is 12.1 Å². The number of methoxy groups -OCH3 is 1. The number of ether oxygens (including phenoxy) is 4. The second-order valence-corrected chi connectivity index (χ2v) is 6.07. The Morgan fingerprint density at radius 3 is 2.66 bits per heavy atom. The molecule has 0 saturated heterocycles. The number of nitro benzene ring substituents is 1. The number of carbonyl (C=O) groups excluding carboxylic acids is 2. The molecule has 0 radical (unpaired) electrons. The van der Waals surface area contributed by atoms with Gasteiger partial charge >= 0.3 is 5.97 Å². The summed E-state index contributed by atoms with van der Waals surface area (Å²) in [5, 5.41) is 13.4. The molecule has 2 aromatic rings. The Bertz CT molecular complexity index is 946. The van der Waals surface area contributed by atoms with E-state index in [-0.39, 0.29) is 23.7 Å². The van der Waals surface area contributed by atoms with Crippen LogP contribution in [0.1, 0.15) is 6.92 Å². The zero-order valence-corrected chi connectivity index (χ0v) is 15.6. The van der Waals surface area contributed by atoms with Crippen LogP contribution in [0, 0.1) is 10.1 Å². The van der Waals surface area contributed by atoms with Crippen molar-refractivity contribution < 1.29 is 33.5 Å². The number of carbonyl (C=O) groups is 2. The van der Waals surface area contributed by atoms with E-state index < -0.39 is 29.0 Å². The lowest BCUT2D eigenvalue weighted by Gasteiger charge is -2.26. The van der Waals surface area contributed by atoms with E-state index in [1.807, 2.05) is 0 Å². The SMILES string of the molecule is COc1ccc([N+](=O)[O-])cc1NC(=O)C(C)OC(=O)C1COc2ccccc2O1. The number of hydrogen-bond donors (Lipinski definition) is 1. The molecule has 0 aliphatic carbocycles. The summed E-state index contributed by atoms with van der Waals surface area (Å²) in [6.07, 6.45) is -2.21. The van der Waals surface area contributed by atoms with Crippen LogP contribution in [0.25, 0.3) is 0 Å². The minimum atomic E-state index is -1.19. The van der Waals surface area contributed by atoms with E-state index in [1.165, 1.54) is 26.2 Å². The fourth-order valence-corrected chi connectivity index (χ4v) is 2.58. The first kappa shape index (κ1) is 19.9. The number of fused-ring (bicyclic) bond motifs is 1. The quantitative estimate of drug-likeness (QED) is 0.443. The number of amides is 1. The molecule has 1 heterocycles. The first-order chi connectivity index (χ1) is 13.9. The number of para-hydroxylation sites is 2. The number of benzene rings is 2. The summed E-state index contributed by atoms with van der Waals surface area (Å²) < 4.78 is 21.2. The number of non-ortho nitro benzene ring substituents is 1. The predicted molar refractivity (Wildman–Crippen MR) is 100 cm³/mol. The standard InChI is InChI=1S/C19H18N2O8/c1-11(18(22)20-13-9-12(21(24)25)7-8-14(13)26-2)28-19(23)17-10-27-15-5-3-4-6-16(15)29-17/h3-9,11,17H,10H2,1-2H3,(H,20,22). The minimum absolute atomic E-state index is 0.0527. The van der Waals surface area contributed by atoms with E-state index in [1.54, 1.807) is 24.3 Å². The molecule has 1 aliphatic heterocycles. The van der Waals surface area contributed by atoms with Gasteiger partial charge in [-0.05, 0) is 25.1 Å². The van der Waals surface area contributed by atoms with Gasteiger partial charge < -0.3 is 24.3 Å². The number of nitrogens with zero attached hydrogens (tertiary/aromatic N) is 1. The van der Waals surface area contributed by atoms with Gasteiger partial charge in [-0.15, -0.1) is 0 Å². The van der Waals surface area contributed by atoms with E-state index in [0.29, 0.717) is 11.5 Å². The normalized spacial score (nSPS) is 15.7. The molecule has 0 aromatic heterocycles. The van der Waals surface area contributed by atoms with E-state index >= 15 is 0 Å². The van der Waals surface area contributed by atoms with Gasteiger partial charge in [0.25, 0.3) is 11.6 Å². The van der Waals surface area contributed by atoms with E-state index in [4.69, 9.17) is 18.9 Å². The molecular weight excluding hydrogens is 384 g/mol. The molecule has 29 heavy (non-hydrogen) atoms. The van der Waals surface area contributed by atoms with E-state index in [2.05, 4.69) is 5.32 Å². The van der Waals surface area contributed by atoms with E-state index in [0.717, 1.165) is 6.07 Å². The summed E-state index contributed by atoms with van der Waals surface area (Å²) in [6, 6.07) is 10.6. The number of hydrogen-bond acceptors (Lipinski definition) is 8. The number of anilines is 1. The van der Waals surface area contributed by atoms with Crippen molar-refractivity contribution in [1.29, 1.82) is 0 Å². The van der Waals surface area contributed by atoms with Crippen molar-refractivity contribution in [1.82, 2.24) is 0 Å². The maximum absolute atomic E-state index is 12.4. The number of nitro groups is 1. The van der Waals surface area contributed by atoms with Crippen LogP contribution in [0.15, 0.2) is 42.5 Å². The highest BCUT2D eigenvalue weighted by Gasteiger charge is 2.31. The molecule has 1 aliphatic rings. The molecule has 152 valence electrons. The molecule has 0 saturated carbocycles. The topological polar surface area (TPSA) is 126 Å². The van der Waals surface area contributed by atoms with Crippen LogP contribution in [-0.4, -0.2) is 42.7 Å². The molecule has 2 aromatic carbocycles. The van der Waals surface area contributed by atoms with Crippen molar-refractivity contribution in [3.8, 4) is 17.2 Å². The third-order valence-corrected chi connectivity index (χ3v) is 4.09. The Kier molecular flexibility index (Phi) is 5.82. The van der Waals surface area contributed by atoms with Gasteiger partial charge in [-0.25, -0.2) is 4.79 Å². The van der Waals surface area contributed by atoms with Gasteiger partial charge in [-0.3, -0.25) is 14.9 Å². The average molecular weight is 402 g/mol. The van der Waals surface area contributed by atoms with Crippen LogP contribution in [0.5, 0.6) is 17.2 Å². The summed E-state index contributed by atoms with van der Waals surface area (Å²) in [7, 11) is 1.36. The van der Waals surface area contributed by atoms with Gasteiger partial charge in [0.15, 0.2) is 17.6 Å². The molecule has 0 bridgehead atoms. The van der Waals surface area contributed by atoms with Gasteiger partial charge in [0.1, 0.15) is 12.4 Å². The van der Waals surface area contributed by atoms with Crippen molar-refractivity contribution in [2.24, 2.45) is 0 Å². The molecule has 1 amide bonds. The lowest BCUT2D eigenvalue weighted by molar-refractivity contribution is -0.384. The molecule has 0 fully saturated rings. The second-order valence-electron chi connectivity index (χ2n) is 6.07. The second kappa shape index (κ2) is 8.46. The highest BCUT2D eigenvalue weighted by Crippen LogP contribution is 2.31. The van der Waals surface area contributed by atoms with Crippen molar-refractivity contribution in [2.45, 2.75) is 19.1 Å². The Labute approximate surface area is 165 Å². The maximum atomic E-state index is 12.4. The molecule has 0 spiro atoms. The molecule has 2 atom stereocenters. The molecule has 1 N–H and O–H groups in total. The Hall–Kier alpha value is -3.82. The highest BCUT2D eigenvalue weighted by atomic mass is 16.6. The fraction of sp³-hybridized carbons (Fsp3) is 0.263. The highest BCUT2D eigenvalue weighted by molar-refractivity contribution is 5.96. The average Bonchev–Trinajstić information content (AvgIpc) is 2.73. The Morgan fingerprint density at radius 2 is 1.97 bits per heavy atom. The third kappa shape index (κ3) is 4.54. The summed E-state index contributed by atoms with van der Waals surface area (Å²) in [5.41, 5.74) is -0.141. The maximum Gasteiger partial charge on any atom is 0.351 e. The number of nitrogens with one attached hydrogen (secondary N) is 1. The molecule has 2 unspecified atom stereocenters.